The molecule has 2 rings (SSSR count). The maximum absolute atomic E-state index is 12.0. The first-order chi connectivity index (χ1) is 11.5. The molecule has 0 heterocycles. The van der Waals surface area contributed by atoms with Crippen molar-refractivity contribution in [2.24, 2.45) is 0 Å². The fraction of sp³-hybridized carbons (Fsp3) is 0.235. The number of rotatable bonds is 8. The standard InChI is InChI=1S/C17H20N2O4S/c1-23-16-10-6-5-9-15(16)19-17(20)13-18-24(21,22)12-11-14-7-3-2-4-8-14/h2-10,18H,11-13H2,1H3,(H,19,20). The Kier molecular flexibility index (Phi) is 6.34. The molecule has 6 nitrogen and oxygen atoms in total. The summed E-state index contributed by atoms with van der Waals surface area (Å²) in [4.78, 5) is 11.9. The van der Waals surface area contributed by atoms with Crippen LogP contribution in [0.5, 0.6) is 5.75 Å². The Bertz CT molecular complexity index is 776. The molecule has 2 aromatic carbocycles. The van der Waals surface area contributed by atoms with Crippen molar-refractivity contribution in [2.45, 2.75) is 6.42 Å². The largest absolute Gasteiger partial charge is 0.495 e. The number of carbonyl (C=O) groups excluding carboxylic acids is 1. The number of ether oxygens (including phenoxy) is 1. The van der Waals surface area contributed by atoms with Crippen molar-refractivity contribution < 1.29 is 17.9 Å². The van der Waals surface area contributed by atoms with Crippen molar-refractivity contribution in [3.63, 3.8) is 0 Å². The molecule has 7 heteroatoms. The third-order valence-corrected chi connectivity index (χ3v) is 4.66. The first kappa shape index (κ1) is 18.0. The fourth-order valence-corrected chi connectivity index (χ4v) is 3.09. The van der Waals surface area contributed by atoms with Gasteiger partial charge in [0.2, 0.25) is 15.9 Å². The average Bonchev–Trinajstić information content (AvgIpc) is 2.60. The molecule has 1 amide bonds. The van der Waals surface area contributed by atoms with Gasteiger partial charge in [-0.05, 0) is 24.1 Å². The number of carbonyl (C=O) groups is 1. The van der Waals surface area contributed by atoms with Crippen molar-refractivity contribution in [3.8, 4) is 5.75 Å². The second-order valence-electron chi connectivity index (χ2n) is 5.12. The van der Waals surface area contributed by atoms with Crippen LogP contribution in [0.25, 0.3) is 0 Å². The van der Waals surface area contributed by atoms with E-state index < -0.39 is 15.9 Å². The van der Waals surface area contributed by atoms with Gasteiger partial charge in [-0.3, -0.25) is 4.79 Å². The van der Waals surface area contributed by atoms with E-state index in [-0.39, 0.29) is 12.3 Å². The molecular formula is C17H20N2O4S. The SMILES string of the molecule is COc1ccccc1NC(=O)CNS(=O)(=O)CCc1ccccc1. The minimum atomic E-state index is -3.52. The number of hydrogen-bond acceptors (Lipinski definition) is 4. The summed E-state index contributed by atoms with van der Waals surface area (Å²) in [6.07, 6.45) is 0.393. The monoisotopic (exact) mass is 348 g/mol. The summed E-state index contributed by atoms with van der Waals surface area (Å²) < 4.78 is 31.4. The summed E-state index contributed by atoms with van der Waals surface area (Å²) in [5, 5.41) is 2.62. The number of sulfonamides is 1. The molecule has 0 spiro atoms. The van der Waals surface area contributed by atoms with Gasteiger partial charge < -0.3 is 10.1 Å². The van der Waals surface area contributed by atoms with Crippen molar-refractivity contribution in [3.05, 3.63) is 60.2 Å². The maximum atomic E-state index is 12.0. The normalized spacial score (nSPS) is 11.0. The predicted octanol–water partition coefficient (Wildman–Crippen LogP) is 1.80. The van der Waals surface area contributed by atoms with Gasteiger partial charge in [-0.2, -0.15) is 0 Å². The van der Waals surface area contributed by atoms with E-state index in [0.29, 0.717) is 17.9 Å². The van der Waals surface area contributed by atoms with Crippen LogP contribution in [-0.4, -0.2) is 33.7 Å². The molecule has 128 valence electrons. The highest BCUT2D eigenvalue weighted by Gasteiger charge is 2.13. The van der Waals surface area contributed by atoms with Crippen LogP contribution >= 0.6 is 0 Å². The van der Waals surface area contributed by atoms with Gasteiger partial charge in [0, 0.05) is 0 Å². The lowest BCUT2D eigenvalue weighted by atomic mass is 10.2. The van der Waals surface area contributed by atoms with E-state index in [2.05, 4.69) is 10.0 Å². The second-order valence-corrected chi connectivity index (χ2v) is 7.05. The maximum Gasteiger partial charge on any atom is 0.239 e. The molecule has 0 bridgehead atoms. The molecule has 2 N–H and O–H groups in total. The fourth-order valence-electron chi connectivity index (χ4n) is 2.09. The van der Waals surface area contributed by atoms with E-state index in [1.807, 2.05) is 30.3 Å². The zero-order valence-corrected chi connectivity index (χ0v) is 14.2. The van der Waals surface area contributed by atoms with Gasteiger partial charge in [-0.1, -0.05) is 42.5 Å². The van der Waals surface area contributed by atoms with Gasteiger partial charge >= 0.3 is 0 Å². The zero-order chi connectivity index (χ0) is 17.4. The van der Waals surface area contributed by atoms with Crippen LogP contribution < -0.4 is 14.8 Å². The van der Waals surface area contributed by atoms with Crippen molar-refractivity contribution >= 4 is 21.6 Å². The van der Waals surface area contributed by atoms with Gasteiger partial charge in [0.1, 0.15) is 5.75 Å². The van der Waals surface area contributed by atoms with E-state index in [1.165, 1.54) is 7.11 Å². The first-order valence-electron chi connectivity index (χ1n) is 7.44. The molecule has 2 aromatic rings. The minimum absolute atomic E-state index is 0.0705. The number of nitrogens with one attached hydrogen (secondary N) is 2. The minimum Gasteiger partial charge on any atom is -0.495 e. The summed E-state index contributed by atoms with van der Waals surface area (Å²) in [7, 11) is -2.03. The van der Waals surface area contributed by atoms with Crippen molar-refractivity contribution in [2.75, 3.05) is 24.7 Å². The Morgan fingerprint density at radius 1 is 1.04 bits per heavy atom. The molecule has 0 radical (unpaired) electrons. The van der Waals surface area contributed by atoms with E-state index in [0.717, 1.165) is 5.56 Å². The van der Waals surface area contributed by atoms with Crippen LogP contribution in [0.15, 0.2) is 54.6 Å². The van der Waals surface area contributed by atoms with Crippen molar-refractivity contribution in [1.29, 1.82) is 0 Å². The Balaban J connectivity index is 1.84. The summed E-state index contributed by atoms with van der Waals surface area (Å²) in [6, 6.07) is 16.2. The molecule has 0 fully saturated rings. The molecule has 0 aliphatic carbocycles. The van der Waals surface area contributed by atoms with Crippen LogP contribution in [0, 0.1) is 0 Å². The number of anilines is 1. The van der Waals surface area contributed by atoms with Crippen LogP contribution in [0.1, 0.15) is 5.56 Å². The van der Waals surface area contributed by atoms with E-state index >= 15 is 0 Å². The topological polar surface area (TPSA) is 84.5 Å². The summed E-state index contributed by atoms with van der Waals surface area (Å²) in [6.45, 7) is -0.324. The third kappa shape index (κ3) is 5.68. The highest BCUT2D eigenvalue weighted by atomic mass is 32.2. The molecule has 24 heavy (non-hydrogen) atoms. The predicted molar refractivity (Wildman–Crippen MR) is 93.6 cm³/mol. The molecule has 0 unspecified atom stereocenters. The Morgan fingerprint density at radius 2 is 1.71 bits per heavy atom. The third-order valence-electron chi connectivity index (χ3n) is 3.34. The quantitative estimate of drug-likeness (QED) is 0.762. The lowest BCUT2D eigenvalue weighted by molar-refractivity contribution is -0.115. The molecule has 0 saturated carbocycles. The van der Waals surface area contributed by atoms with E-state index in [9.17, 15) is 13.2 Å². The Hall–Kier alpha value is -2.38. The van der Waals surface area contributed by atoms with Crippen LogP contribution in [-0.2, 0) is 21.2 Å². The van der Waals surface area contributed by atoms with Crippen LogP contribution in [0.2, 0.25) is 0 Å². The Morgan fingerprint density at radius 3 is 2.42 bits per heavy atom. The lowest BCUT2D eigenvalue weighted by Crippen LogP contribution is -2.34. The van der Waals surface area contributed by atoms with Gasteiger partial charge in [0.05, 0.1) is 25.1 Å². The van der Waals surface area contributed by atoms with Gasteiger partial charge in [-0.25, -0.2) is 13.1 Å². The summed E-state index contributed by atoms with van der Waals surface area (Å²) in [5.41, 5.74) is 1.43. The summed E-state index contributed by atoms with van der Waals surface area (Å²) >= 11 is 0. The first-order valence-corrected chi connectivity index (χ1v) is 9.09. The highest BCUT2D eigenvalue weighted by Crippen LogP contribution is 2.22. The smallest absolute Gasteiger partial charge is 0.239 e. The number of hydrogen-bond donors (Lipinski definition) is 2. The van der Waals surface area contributed by atoms with Crippen LogP contribution in [0.4, 0.5) is 5.69 Å². The summed E-state index contributed by atoms with van der Waals surface area (Å²) in [5.74, 6) is -0.0144. The molecule has 0 aliphatic heterocycles. The molecule has 0 aliphatic rings. The van der Waals surface area contributed by atoms with Gasteiger partial charge in [-0.15, -0.1) is 0 Å². The van der Waals surface area contributed by atoms with E-state index in [1.54, 1.807) is 24.3 Å². The zero-order valence-electron chi connectivity index (χ0n) is 13.4. The highest BCUT2D eigenvalue weighted by molar-refractivity contribution is 7.89. The molecule has 0 saturated heterocycles. The molecule has 0 aromatic heterocycles. The number of methoxy groups -OCH3 is 1. The number of para-hydroxylation sites is 2. The Labute approximate surface area is 141 Å². The van der Waals surface area contributed by atoms with Crippen molar-refractivity contribution in [1.82, 2.24) is 4.72 Å². The van der Waals surface area contributed by atoms with Gasteiger partial charge in [0.15, 0.2) is 0 Å². The van der Waals surface area contributed by atoms with E-state index in [4.69, 9.17) is 4.74 Å². The number of benzene rings is 2. The second kappa shape index (κ2) is 8.47. The van der Waals surface area contributed by atoms with Gasteiger partial charge in [0.25, 0.3) is 0 Å². The lowest BCUT2D eigenvalue weighted by Gasteiger charge is -2.10. The van der Waals surface area contributed by atoms with Crippen LogP contribution in [0.3, 0.4) is 0 Å². The number of amides is 1. The average molecular weight is 348 g/mol. The molecule has 0 atom stereocenters. The molecular weight excluding hydrogens is 328 g/mol. The number of aryl methyl sites for hydroxylation is 1.